The Kier molecular flexibility index (Phi) is 6.71. The molecule has 16 heavy (non-hydrogen) atoms. The summed E-state index contributed by atoms with van der Waals surface area (Å²) in [6.07, 6.45) is 4.72. The van der Waals surface area contributed by atoms with Crippen molar-refractivity contribution in [1.29, 1.82) is 0 Å². The number of carbonyl (C=O) groups is 2. The van der Waals surface area contributed by atoms with Gasteiger partial charge in [0.1, 0.15) is 0 Å². The summed E-state index contributed by atoms with van der Waals surface area (Å²) < 4.78 is 0. The number of carbonyl (C=O) groups excluding carboxylic acids is 2. The summed E-state index contributed by atoms with van der Waals surface area (Å²) in [4.78, 5) is 21.2. The van der Waals surface area contributed by atoms with E-state index in [2.05, 4.69) is 5.32 Å². The molecule has 1 aliphatic heterocycles. The number of hydrogen-bond acceptors (Lipinski definition) is 5. The van der Waals surface area contributed by atoms with E-state index in [1.807, 2.05) is 21.6 Å². The third kappa shape index (κ3) is 6.27. The van der Waals surface area contributed by atoms with Crippen LogP contribution in [-0.4, -0.2) is 29.4 Å². The molecule has 1 aliphatic rings. The maximum Gasteiger partial charge on any atom is 0.220 e. The minimum absolute atomic E-state index is 0.197. The van der Waals surface area contributed by atoms with Crippen molar-refractivity contribution in [1.82, 2.24) is 5.32 Å². The third-order valence-electron chi connectivity index (χ3n) is 2.34. The molecule has 0 aromatic carbocycles. The minimum atomic E-state index is -1.24. The van der Waals surface area contributed by atoms with Crippen LogP contribution in [0.1, 0.15) is 32.1 Å². The Morgan fingerprint density at radius 3 is 2.81 bits per heavy atom. The number of carboxylic acids is 1. The molecule has 92 valence electrons. The Hall–Kier alpha value is -0.360. The van der Waals surface area contributed by atoms with E-state index in [-0.39, 0.29) is 12.5 Å². The molecule has 1 unspecified atom stereocenters. The van der Waals surface area contributed by atoms with Crippen LogP contribution in [0.25, 0.3) is 0 Å². The van der Waals surface area contributed by atoms with Crippen molar-refractivity contribution in [2.45, 2.75) is 37.4 Å². The average Bonchev–Trinajstić information content (AvgIpc) is 2.74. The highest BCUT2D eigenvalue weighted by Crippen LogP contribution is 2.39. The second-order valence-corrected chi connectivity index (χ2v) is 6.51. The van der Waals surface area contributed by atoms with Crippen molar-refractivity contribution in [3.8, 4) is 0 Å². The summed E-state index contributed by atoms with van der Waals surface area (Å²) in [5.74, 6) is -0.202. The summed E-state index contributed by atoms with van der Waals surface area (Å²) in [5.41, 5.74) is 0. The lowest BCUT2D eigenvalue weighted by Gasteiger charge is -2.07. The largest absolute Gasteiger partial charge is 0.548 e. The maximum absolute atomic E-state index is 11.1. The third-order valence-corrected chi connectivity index (χ3v) is 5.34. The molecule has 1 saturated heterocycles. The van der Waals surface area contributed by atoms with Crippen molar-refractivity contribution in [3.05, 3.63) is 0 Å². The quantitative estimate of drug-likeness (QED) is 0.536. The molecule has 1 amide bonds. The van der Waals surface area contributed by atoms with Crippen LogP contribution in [0.4, 0.5) is 0 Å². The van der Waals surface area contributed by atoms with E-state index in [1.165, 1.54) is 12.2 Å². The molecule has 0 aliphatic carbocycles. The second-order valence-electron chi connectivity index (χ2n) is 3.72. The Morgan fingerprint density at radius 2 is 2.19 bits per heavy atom. The van der Waals surface area contributed by atoms with Crippen molar-refractivity contribution in [2.75, 3.05) is 12.3 Å². The topological polar surface area (TPSA) is 69.2 Å². The molecule has 0 aromatic rings. The first kappa shape index (κ1) is 13.7. The first-order chi connectivity index (χ1) is 7.68. The predicted molar refractivity (Wildman–Crippen MR) is 64.9 cm³/mol. The van der Waals surface area contributed by atoms with Crippen molar-refractivity contribution >= 4 is 33.5 Å². The number of unbranched alkanes of at least 4 members (excludes halogenated alkanes) is 1. The summed E-state index contributed by atoms with van der Waals surface area (Å²) in [6.45, 7) is -0.381. The lowest BCUT2D eigenvalue weighted by atomic mass is 10.1. The number of carboxylic acid groups (broad SMARTS) is 1. The van der Waals surface area contributed by atoms with E-state index in [9.17, 15) is 14.7 Å². The van der Waals surface area contributed by atoms with Gasteiger partial charge in [0.15, 0.2) is 0 Å². The smallest absolute Gasteiger partial charge is 0.220 e. The van der Waals surface area contributed by atoms with E-state index in [4.69, 9.17) is 0 Å². The number of hydrogen-bond donors (Lipinski definition) is 1. The standard InChI is InChI=1S/C10H17NO3S2/c12-9(11-7-10(13)14)4-2-1-3-8-5-6-15-16-8/h8H,1-7H2,(H,11,12)(H,13,14)/p-1. The fourth-order valence-electron chi connectivity index (χ4n) is 1.48. The van der Waals surface area contributed by atoms with E-state index >= 15 is 0 Å². The number of amides is 1. The van der Waals surface area contributed by atoms with Gasteiger partial charge in [0.05, 0.1) is 12.5 Å². The average molecular weight is 262 g/mol. The van der Waals surface area contributed by atoms with Gasteiger partial charge in [0.2, 0.25) is 5.91 Å². The maximum atomic E-state index is 11.1. The van der Waals surface area contributed by atoms with Crippen LogP contribution in [0.3, 0.4) is 0 Å². The molecular weight excluding hydrogens is 246 g/mol. The van der Waals surface area contributed by atoms with Crippen molar-refractivity contribution < 1.29 is 14.7 Å². The van der Waals surface area contributed by atoms with Gasteiger partial charge in [-0.3, -0.25) is 4.79 Å². The summed E-state index contributed by atoms with van der Waals surface area (Å²) >= 11 is 0. The van der Waals surface area contributed by atoms with Crippen LogP contribution in [-0.2, 0) is 9.59 Å². The molecule has 1 rings (SSSR count). The molecule has 0 aromatic heterocycles. The molecule has 1 heterocycles. The van der Waals surface area contributed by atoms with Crippen LogP contribution in [0, 0.1) is 0 Å². The lowest BCUT2D eigenvalue weighted by molar-refractivity contribution is -0.304. The molecule has 1 N–H and O–H groups in total. The monoisotopic (exact) mass is 262 g/mol. The Labute approximate surface area is 103 Å². The fraction of sp³-hybridized carbons (Fsp3) is 0.800. The molecule has 0 bridgehead atoms. The van der Waals surface area contributed by atoms with Gasteiger partial charge in [-0.2, -0.15) is 0 Å². The van der Waals surface area contributed by atoms with Gasteiger partial charge in [-0.15, -0.1) is 0 Å². The van der Waals surface area contributed by atoms with Gasteiger partial charge in [-0.25, -0.2) is 0 Å². The van der Waals surface area contributed by atoms with Crippen LogP contribution < -0.4 is 10.4 Å². The number of aliphatic carboxylic acids is 1. The molecule has 1 atom stereocenters. The Balaban J connectivity index is 1.93. The van der Waals surface area contributed by atoms with Gasteiger partial charge in [0, 0.05) is 17.4 Å². The van der Waals surface area contributed by atoms with Gasteiger partial charge in [-0.05, 0) is 19.3 Å². The highest BCUT2D eigenvalue weighted by Gasteiger charge is 2.15. The van der Waals surface area contributed by atoms with Gasteiger partial charge in [0.25, 0.3) is 0 Å². The zero-order chi connectivity index (χ0) is 11.8. The first-order valence-corrected chi connectivity index (χ1v) is 7.81. The minimum Gasteiger partial charge on any atom is -0.548 e. The molecule has 0 spiro atoms. The molecule has 1 fully saturated rings. The molecular formula is C10H16NO3S2-. The van der Waals surface area contributed by atoms with E-state index in [0.29, 0.717) is 6.42 Å². The summed E-state index contributed by atoms with van der Waals surface area (Å²) in [7, 11) is 3.87. The second kappa shape index (κ2) is 7.84. The van der Waals surface area contributed by atoms with Gasteiger partial charge >= 0.3 is 0 Å². The predicted octanol–water partition coefficient (Wildman–Crippen LogP) is 0.567. The highest BCUT2D eigenvalue weighted by atomic mass is 33.1. The summed E-state index contributed by atoms with van der Waals surface area (Å²) in [5, 5.41) is 13.1. The lowest BCUT2D eigenvalue weighted by Crippen LogP contribution is -2.37. The van der Waals surface area contributed by atoms with E-state index in [1.54, 1.807) is 0 Å². The first-order valence-electron chi connectivity index (χ1n) is 5.43. The Morgan fingerprint density at radius 1 is 1.38 bits per heavy atom. The summed E-state index contributed by atoms with van der Waals surface area (Å²) in [6, 6.07) is 0. The van der Waals surface area contributed by atoms with E-state index in [0.717, 1.165) is 24.5 Å². The molecule has 0 radical (unpaired) electrons. The van der Waals surface area contributed by atoms with Crippen LogP contribution in [0.2, 0.25) is 0 Å². The van der Waals surface area contributed by atoms with Crippen LogP contribution in [0.15, 0.2) is 0 Å². The zero-order valence-corrected chi connectivity index (χ0v) is 10.7. The molecule has 6 heteroatoms. The fourth-order valence-corrected chi connectivity index (χ4v) is 4.51. The SMILES string of the molecule is O=C([O-])CNC(=O)CCCCC1CCSS1. The number of rotatable bonds is 7. The normalized spacial score (nSPS) is 19.6. The van der Waals surface area contributed by atoms with Crippen molar-refractivity contribution in [2.24, 2.45) is 0 Å². The van der Waals surface area contributed by atoms with Crippen molar-refractivity contribution in [3.63, 3.8) is 0 Å². The van der Waals surface area contributed by atoms with Gasteiger partial charge in [-0.1, -0.05) is 28.0 Å². The molecule has 4 nitrogen and oxygen atoms in total. The Bertz CT molecular complexity index is 242. The van der Waals surface area contributed by atoms with E-state index < -0.39 is 5.97 Å². The van der Waals surface area contributed by atoms with Crippen LogP contribution >= 0.6 is 21.6 Å². The zero-order valence-electron chi connectivity index (χ0n) is 9.07. The van der Waals surface area contributed by atoms with Crippen LogP contribution in [0.5, 0.6) is 0 Å². The highest BCUT2D eigenvalue weighted by molar-refractivity contribution is 8.77. The number of nitrogens with one attached hydrogen (secondary N) is 1. The molecule has 0 saturated carbocycles. The van der Waals surface area contributed by atoms with Gasteiger partial charge < -0.3 is 15.2 Å².